The molecule has 1 unspecified atom stereocenters. The van der Waals surface area contributed by atoms with E-state index in [1.807, 2.05) is 0 Å². The van der Waals surface area contributed by atoms with Crippen molar-refractivity contribution in [2.75, 3.05) is 6.61 Å². The highest BCUT2D eigenvalue weighted by Crippen LogP contribution is 2.33. The SMILES string of the molecule is CC(C)CONC(C)CC1CC1. The van der Waals surface area contributed by atoms with Crippen LogP contribution in [0.5, 0.6) is 0 Å². The zero-order chi connectivity index (χ0) is 8.97. The van der Waals surface area contributed by atoms with Crippen molar-refractivity contribution < 1.29 is 4.84 Å². The van der Waals surface area contributed by atoms with Crippen molar-refractivity contribution in [3.63, 3.8) is 0 Å². The molecule has 1 aliphatic carbocycles. The molecule has 2 heteroatoms. The van der Waals surface area contributed by atoms with Gasteiger partial charge in [-0.25, -0.2) is 0 Å². The van der Waals surface area contributed by atoms with Gasteiger partial charge in [-0.2, -0.15) is 5.48 Å². The molecule has 0 heterocycles. The van der Waals surface area contributed by atoms with Gasteiger partial charge in [0.05, 0.1) is 6.61 Å². The van der Waals surface area contributed by atoms with Crippen molar-refractivity contribution in [3.8, 4) is 0 Å². The predicted molar refractivity (Wildman–Crippen MR) is 50.7 cm³/mol. The first kappa shape index (κ1) is 10.0. The number of hydroxylamine groups is 1. The van der Waals surface area contributed by atoms with E-state index in [9.17, 15) is 0 Å². The van der Waals surface area contributed by atoms with Gasteiger partial charge in [-0.05, 0) is 25.2 Å². The second-order valence-corrected chi connectivity index (χ2v) is 4.40. The summed E-state index contributed by atoms with van der Waals surface area (Å²) >= 11 is 0. The van der Waals surface area contributed by atoms with Crippen molar-refractivity contribution >= 4 is 0 Å². The number of rotatable bonds is 6. The monoisotopic (exact) mass is 171 g/mol. The van der Waals surface area contributed by atoms with E-state index in [2.05, 4.69) is 26.3 Å². The Kier molecular flexibility index (Phi) is 4.02. The van der Waals surface area contributed by atoms with Crippen molar-refractivity contribution in [1.82, 2.24) is 5.48 Å². The lowest BCUT2D eigenvalue weighted by molar-refractivity contribution is 0.00195. The van der Waals surface area contributed by atoms with E-state index in [-0.39, 0.29) is 0 Å². The van der Waals surface area contributed by atoms with E-state index in [1.54, 1.807) is 0 Å². The number of hydrogen-bond acceptors (Lipinski definition) is 2. The molecule has 0 aromatic heterocycles. The van der Waals surface area contributed by atoms with Crippen LogP contribution in [0.4, 0.5) is 0 Å². The topological polar surface area (TPSA) is 21.3 Å². The molecule has 1 saturated carbocycles. The van der Waals surface area contributed by atoms with Gasteiger partial charge in [0.2, 0.25) is 0 Å². The van der Waals surface area contributed by atoms with Crippen LogP contribution < -0.4 is 5.48 Å². The summed E-state index contributed by atoms with van der Waals surface area (Å²) in [4.78, 5) is 5.34. The highest BCUT2D eigenvalue weighted by Gasteiger charge is 2.23. The molecule has 0 radical (unpaired) electrons. The summed E-state index contributed by atoms with van der Waals surface area (Å²) in [7, 11) is 0. The quantitative estimate of drug-likeness (QED) is 0.619. The molecular weight excluding hydrogens is 150 g/mol. The maximum Gasteiger partial charge on any atom is 0.0705 e. The molecule has 0 aromatic rings. The molecule has 0 aromatic carbocycles. The lowest BCUT2D eigenvalue weighted by atomic mass is 10.2. The van der Waals surface area contributed by atoms with Gasteiger partial charge in [0.15, 0.2) is 0 Å². The zero-order valence-corrected chi connectivity index (χ0v) is 8.47. The maximum absolute atomic E-state index is 5.34. The largest absolute Gasteiger partial charge is 0.301 e. The maximum atomic E-state index is 5.34. The van der Waals surface area contributed by atoms with Crippen LogP contribution in [0.1, 0.15) is 40.0 Å². The Morgan fingerprint density at radius 2 is 2.00 bits per heavy atom. The fraction of sp³-hybridized carbons (Fsp3) is 1.00. The molecule has 2 nitrogen and oxygen atoms in total. The summed E-state index contributed by atoms with van der Waals surface area (Å²) < 4.78 is 0. The lowest BCUT2D eigenvalue weighted by Crippen LogP contribution is -2.28. The Bertz CT molecular complexity index is 121. The number of nitrogens with one attached hydrogen (secondary N) is 1. The predicted octanol–water partition coefficient (Wildman–Crippen LogP) is 2.35. The minimum Gasteiger partial charge on any atom is -0.301 e. The van der Waals surface area contributed by atoms with Crippen LogP contribution in [-0.2, 0) is 4.84 Å². The lowest BCUT2D eigenvalue weighted by Gasteiger charge is -2.14. The summed E-state index contributed by atoms with van der Waals surface area (Å²) in [5.41, 5.74) is 3.09. The van der Waals surface area contributed by atoms with E-state index in [0.717, 1.165) is 12.5 Å². The molecule has 0 aliphatic heterocycles. The van der Waals surface area contributed by atoms with E-state index < -0.39 is 0 Å². The summed E-state index contributed by atoms with van der Waals surface area (Å²) in [6.07, 6.45) is 4.13. The minimum absolute atomic E-state index is 0.524. The van der Waals surface area contributed by atoms with Crippen LogP contribution in [0.3, 0.4) is 0 Å². The van der Waals surface area contributed by atoms with Crippen molar-refractivity contribution in [2.24, 2.45) is 11.8 Å². The molecule has 1 rings (SSSR count). The molecule has 12 heavy (non-hydrogen) atoms. The van der Waals surface area contributed by atoms with Gasteiger partial charge in [-0.1, -0.05) is 26.7 Å². The first-order chi connectivity index (χ1) is 5.68. The molecular formula is C10H21NO. The summed E-state index contributed by atoms with van der Waals surface area (Å²) in [5, 5.41) is 0. The Hall–Kier alpha value is -0.0800. The van der Waals surface area contributed by atoms with E-state index >= 15 is 0 Å². The van der Waals surface area contributed by atoms with E-state index in [4.69, 9.17) is 4.84 Å². The highest BCUT2D eigenvalue weighted by atomic mass is 16.6. The molecule has 1 aliphatic rings. The van der Waals surface area contributed by atoms with Gasteiger partial charge in [-0.3, -0.25) is 0 Å². The molecule has 0 spiro atoms. The van der Waals surface area contributed by atoms with Gasteiger partial charge in [0.25, 0.3) is 0 Å². The average molecular weight is 171 g/mol. The summed E-state index contributed by atoms with van der Waals surface area (Å²) in [6.45, 7) is 7.33. The van der Waals surface area contributed by atoms with Crippen LogP contribution >= 0.6 is 0 Å². The van der Waals surface area contributed by atoms with Crippen LogP contribution in [0, 0.1) is 11.8 Å². The van der Waals surface area contributed by atoms with Gasteiger partial charge in [0.1, 0.15) is 0 Å². The average Bonchev–Trinajstić information content (AvgIpc) is 2.70. The minimum atomic E-state index is 0.524. The van der Waals surface area contributed by atoms with E-state index in [0.29, 0.717) is 12.0 Å². The van der Waals surface area contributed by atoms with Crippen LogP contribution in [0.15, 0.2) is 0 Å². The first-order valence-electron chi connectivity index (χ1n) is 5.05. The highest BCUT2D eigenvalue weighted by molar-refractivity contribution is 4.76. The summed E-state index contributed by atoms with van der Waals surface area (Å²) in [6, 6.07) is 0.524. The third kappa shape index (κ3) is 4.73. The Morgan fingerprint density at radius 3 is 2.50 bits per heavy atom. The van der Waals surface area contributed by atoms with Gasteiger partial charge >= 0.3 is 0 Å². The van der Waals surface area contributed by atoms with Gasteiger partial charge in [0, 0.05) is 6.04 Å². The van der Waals surface area contributed by atoms with Crippen LogP contribution in [0.2, 0.25) is 0 Å². The molecule has 0 bridgehead atoms. The summed E-state index contributed by atoms with van der Waals surface area (Å²) in [5.74, 6) is 1.60. The second-order valence-electron chi connectivity index (χ2n) is 4.40. The first-order valence-corrected chi connectivity index (χ1v) is 5.05. The molecule has 1 fully saturated rings. The van der Waals surface area contributed by atoms with Crippen molar-refractivity contribution in [2.45, 2.75) is 46.1 Å². The van der Waals surface area contributed by atoms with Crippen LogP contribution in [0.25, 0.3) is 0 Å². The van der Waals surface area contributed by atoms with Crippen LogP contribution in [-0.4, -0.2) is 12.6 Å². The normalized spacial score (nSPS) is 20.0. The van der Waals surface area contributed by atoms with Crippen molar-refractivity contribution in [1.29, 1.82) is 0 Å². The molecule has 0 amide bonds. The molecule has 1 atom stereocenters. The molecule has 1 N–H and O–H groups in total. The standard InChI is InChI=1S/C10H21NO/c1-8(2)7-12-11-9(3)6-10-4-5-10/h8-11H,4-7H2,1-3H3. The second kappa shape index (κ2) is 4.83. The third-order valence-electron chi connectivity index (χ3n) is 2.08. The van der Waals surface area contributed by atoms with Gasteiger partial charge in [-0.15, -0.1) is 0 Å². The molecule has 72 valence electrons. The fourth-order valence-electron chi connectivity index (χ4n) is 1.26. The Morgan fingerprint density at radius 1 is 1.33 bits per heavy atom. The smallest absolute Gasteiger partial charge is 0.0705 e. The Labute approximate surface area is 75.6 Å². The van der Waals surface area contributed by atoms with Gasteiger partial charge < -0.3 is 4.84 Å². The van der Waals surface area contributed by atoms with Crippen molar-refractivity contribution in [3.05, 3.63) is 0 Å². The Balaban J connectivity index is 1.90. The molecule has 0 saturated heterocycles. The fourth-order valence-corrected chi connectivity index (χ4v) is 1.26. The number of hydrogen-bond donors (Lipinski definition) is 1. The zero-order valence-electron chi connectivity index (χ0n) is 8.47. The third-order valence-corrected chi connectivity index (χ3v) is 2.08. The van der Waals surface area contributed by atoms with E-state index in [1.165, 1.54) is 19.3 Å².